The highest BCUT2D eigenvalue weighted by Gasteiger charge is 2.32. The number of aromatic nitrogens is 9. The molecule has 0 fully saturated rings. The summed E-state index contributed by atoms with van der Waals surface area (Å²) in [5, 5.41) is 44.9. The van der Waals surface area contributed by atoms with Gasteiger partial charge in [0.05, 0.1) is 88.4 Å². The van der Waals surface area contributed by atoms with Crippen molar-refractivity contribution in [3.8, 4) is 67.4 Å². The number of sulfonamides is 3. The Hall–Kier alpha value is -16.1. The minimum atomic E-state index is -3.78. The molecule has 6 aromatic heterocycles. The maximum atomic E-state index is 13.8. The summed E-state index contributed by atoms with van der Waals surface area (Å²) < 4.78 is 143. The van der Waals surface area contributed by atoms with Gasteiger partial charge in [-0.2, -0.15) is 0 Å². The van der Waals surface area contributed by atoms with Crippen molar-refractivity contribution < 1.29 is 71.2 Å². The molecule has 0 aliphatic heterocycles. The van der Waals surface area contributed by atoms with Crippen LogP contribution in [-0.2, 0) is 43.2 Å². The summed E-state index contributed by atoms with van der Waals surface area (Å²) in [7, 11) is -2.66. The number of anilines is 3. The predicted molar refractivity (Wildman–Crippen MR) is 511 cm³/mol. The second-order valence-electron chi connectivity index (χ2n) is 31.7. The first kappa shape index (κ1) is 92.2. The zero-order valence-corrected chi connectivity index (χ0v) is 76.1. The number of benzene rings is 12. The average Bonchev–Trinajstić information content (AvgIpc) is 1.68. The number of hydrogen-bond acceptors (Lipinski definition) is 22. The molecule has 0 bridgehead atoms. The molecule has 1 unspecified atom stereocenters. The van der Waals surface area contributed by atoms with Gasteiger partial charge in [-0.15, -0.1) is 15.3 Å². The van der Waals surface area contributed by atoms with Crippen LogP contribution >= 0.6 is 0 Å². The maximum absolute atomic E-state index is 13.8. The van der Waals surface area contributed by atoms with E-state index >= 15 is 0 Å². The number of aryl methyl sites for hydroxylation is 1. The van der Waals surface area contributed by atoms with Crippen LogP contribution in [0.1, 0.15) is 59.4 Å². The summed E-state index contributed by atoms with van der Waals surface area (Å²) in [4.78, 5) is 80.5. The third-order valence-electron chi connectivity index (χ3n) is 23.0. The molecular formula is C98H82F3N15O16S3. The van der Waals surface area contributed by atoms with Crippen LogP contribution in [0, 0.1) is 24.4 Å². The Labute approximate surface area is 768 Å². The van der Waals surface area contributed by atoms with Crippen LogP contribution in [0.3, 0.4) is 0 Å². The fraction of sp³-hybridized carbons (Fsp3) is 0.143. The number of fused-ring (bicyclic) bond motifs is 6. The highest BCUT2D eigenvalue weighted by atomic mass is 32.2. The van der Waals surface area contributed by atoms with E-state index < -0.39 is 83.5 Å². The van der Waals surface area contributed by atoms with Gasteiger partial charge in [0.1, 0.15) is 74.1 Å². The Morgan fingerprint density at radius 3 is 1.01 bits per heavy atom. The first-order valence-corrected chi connectivity index (χ1v) is 47.0. The number of furan rings is 3. The van der Waals surface area contributed by atoms with Crippen molar-refractivity contribution in [2.45, 2.75) is 26.1 Å². The molecule has 0 aliphatic carbocycles. The Morgan fingerprint density at radius 2 is 0.689 bits per heavy atom. The lowest BCUT2D eigenvalue weighted by molar-refractivity contribution is 0.0956. The van der Waals surface area contributed by atoms with Gasteiger partial charge in [0.2, 0.25) is 30.1 Å². The summed E-state index contributed by atoms with van der Waals surface area (Å²) >= 11 is 0. The highest BCUT2D eigenvalue weighted by Crippen LogP contribution is 2.46. The predicted octanol–water partition coefficient (Wildman–Crippen LogP) is 14.3. The number of nitrogens with zero attached hydrogens (tertiary/aromatic N) is 12. The number of rotatable bonds is 22. The molecule has 0 spiro atoms. The average molecular weight is 1880 g/mol. The molecule has 3 amide bonds. The third kappa shape index (κ3) is 18.6. The van der Waals surface area contributed by atoms with Gasteiger partial charge in [-0.1, -0.05) is 124 Å². The zero-order chi connectivity index (χ0) is 96.0. The Balaban J connectivity index is 0.000000147. The molecule has 31 nitrogen and oxygen atoms in total. The van der Waals surface area contributed by atoms with Crippen molar-refractivity contribution in [1.29, 1.82) is 0 Å². The SMILES string of the molecule is CNC(=O)c1c(-c2ccc(F)cc2)oc2cc(N(C)S(C)(=O)=O)c(-c3ccc4nnn(C(CO)c5ccccc5)c(=O)c4c3)cc12.CNC(=O)c1c(-c2ccc(F)cc2)oc2cc(N(C)S(C)(=O)=O)c(-c3ccc4nnn(Cc5ccc(C)cc5)c(=O)c4c3)cc12.CNC(=O)c1c(-c2ccc(F)cc2)oc2cc(N(C)S(C)(=O)=O)c(-c3ccc4nnn(Cc5ccccc5)c(=O)c4c3)cc12. The van der Waals surface area contributed by atoms with Crippen LogP contribution in [0.4, 0.5) is 30.2 Å². The number of amides is 3. The van der Waals surface area contributed by atoms with E-state index in [0.717, 1.165) is 53.1 Å². The monoisotopic (exact) mass is 1880 g/mol. The van der Waals surface area contributed by atoms with E-state index in [-0.39, 0.29) is 108 Å². The summed E-state index contributed by atoms with van der Waals surface area (Å²) in [5.74, 6) is -2.16. The third-order valence-corrected chi connectivity index (χ3v) is 26.5. The molecule has 12 aromatic carbocycles. The van der Waals surface area contributed by atoms with Crippen molar-refractivity contribution in [2.75, 3.05) is 80.6 Å². The van der Waals surface area contributed by atoms with Crippen molar-refractivity contribution in [2.24, 2.45) is 0 Å². The van der Waals surface area contributed by atoms with Gasteiger partial charge in [0.15, 0.2) is 0 Å². The molecule has 0 aliphatic rings. The lowest BCUT2D eigenvalue weighted by Crippen LogP contribution is -2.31. The summed E-state index contributed by atoms with van der Waals surface area (Å²) in [6.07, 6.45) is 3.19. The fourth-order valence-electron chi connectivity index (χ4n) is 15.6. The topological polar surface area (TPSA) is 402 Å². The Bertz CT molecular complexity index is 8340. The van der Waals surface area contributed by atoms with E-state index in [0.29, 0.717) is 88.3 Å². The lowest BCUT2D eigenvalue weighted by Gasteiger charge is -2.21. The van der Waals surface area contributed by atoms with Crippen molar-refractivity contribution >= 4 is 130 Å². The van der Waals surface area contributed by atoms with Crippen LogP contribution in [0.5, 0.6) is 0 Å². The second kappa shape index (κ2) is 37.3. The van der Waals surface area contributed by atoms with Crippen molar-refractivity contribution in [3.63, 3.8) is 0 Å². The summed E-state index contributed by atoms with van der Waals surface area (Å²) in [5.41, 5.74) is 9.37. The minimum absolute atomic E-state index is 0.168. The van der Waals surface area contributed by atoms with Gasteiger partial charge in [-0.3, -0.25) is 41.7 Å². The number of nitrogens with one attached hydrogen (secondary N) is 3. The molecule has 18 rings (SSSR count). The van der Waals surface area contributed by atoms with Gasteiger partial charge in [0, 0.05) is 110 Å². The van der Waals surface area contributed by atoms with E-state index in [1.807, 2.05) is 67.6 Å². The molecule has 0 radical (unpaired) electrons. The summed E-state index contributed by atoms with van der Waals surface area (Å²) in [6, 6.07) is 66.1. The van der Waals surface area contributed by atoms with E-state index in [1.54, 1.807) is 97.1 Å². The lowest BCUT2D eigenvalue weighted by atomic mass is 9.97. The van der Waals surface area contributed by atoms with Gasteiger partial charge in [-0.05, 0) is 168 Å². The normalized spacial score (nSPS) is 11.9. The van der Waals surface area contributed by atoms with E-state index in [1.165, 1.54) is 143 Å². The molecule has 18 aromatic rings. The van der Waals surface area contributed by atoms with E-state index in [9.17, 15) is 72.3 Å². The smallest absolute Gasteiger partial charge is 0.278 e. The van der Waals surface area contributed by atoms with Crippen LogP contribution < -0.4 is 45.5 Å². The Kier molecular flexibility index (Phi) is 25.4. The number of carbonyl (C=O) groups excluding carboxylic acids is 3. The molecule has 1 atom stereocenters. The number of carbonyl (C=O) groups is 3. The van der Waals surface area contributed by atoms with Crippen molar-refractivity contribution in [3.05, 3.63) is 336 Å². The second-order valence-corrected chi connectivity index (χ2v) is 37.7. The number of hydrogen-bond donors (Lipinski definition) is 4. The van der Waals surface area contributed by atoms with Gasteiger partial charge in [-0.25, -0.2) is 52.5 Å². The quantitative estimate of drug-likeness (QED) is 0.0489. The maximum Gasteiger partial charge on any atom is 0.278 e. The number of aliphatic hydroxyl groups excluding tert-OH is 1. The molecule has 37 heteroatoms. The standard InChI is InChI=1S/C33H28FN5O6S.C33H28FN5O5S.C32H26FN5O5S/c1-35-32(41)30-25-16-23(27(38(2)46(3,43)44)17-29(25)45-31(30)20-9-12-22(34)13-10-20)21-11-14-26-24(15-21)33(42)39(37-36-26)28(18-40)19-7-5-4-6-8-19;1-19-5-7-20(8-6-19)18-39-33(41)25-15-22(11-14-27(25)36-37-39)24-16-26-29(17-28(24)38(3)45(4,42)43)44-31(30(26)32(40)35-2)21-9-12-23(34)13-10-21;1-34-31(39)29-25-16-23(21-11-14-26-24(15-21)32(40)38(36-35-26)18-19-7-5-4-6-8-19)27(37(2)44(3,41)42)17-28(25)43-30(29)20-9-12-22(33)13-10-20/h4-17,28,40H,18H2,1-3H3,(H,35,41);5-17H,18H2,1-4H3,(H,35,40);4-17H,18H2,1-3H3,(H,34,39). The van der Waals surface area contributed by atoms with Crippen LogP contribution in [-0.4, -0.2) is 161 Å². The van der Waals surface area contributed by atoms with Gasteiger partial charge < -0.3 is 34.3 Å². The zero-order valence-electron chi connectivity index (χ0n) is 73.7. The molecule has 6 heterocycles. The van der Waals surface area contributed by atoms with Crippen LogP contribution in [0.15, 0.2) is 276 Å². The first-order chi connectivity index (χ1) is 64.5. The minimum Gasteiger partial charge on any atom is -0.455 e. The number of halogens is 3. The fourth-order valence-corrected chi connectivity index (χ4v) is 17.1. The molecule has 0 saturated heterocycles. The van der Waals surface area contributed by atoms with Crippen LogP contribution in [0.2, 0.25) is 0 Å². The first-order valence-electron chi connectivity index (χ1n) is 41.5. The molecule has 135 heavy (non-hydrogen) atoms. The van der Waals surface area contributed by atoms with E-state index in [4.69, 9.17) is 13.3 Å². The van der Waals surface area contributed by atoms with Crippen LogP contribution in [0.25, 0.3) is 133 Å². The molecular weight excluding hydrogens is 1800 g/mol. The largest absolute Gasteiger partial charge is 0.455 e. The molecule has 684 valence electrons. The van der Waals surface area contributed by atoms with Crippen molar-refractivity contribution in [1.82, 2.24) is 60.9 Å². The summed E-state index contributed by atoms with van der Waals surface area (Å²) in [6.45, 7) is 2.02. The number of aliphatic hydroxyl groups is 1. The highest BCUT2D eigenvalue weighted by molar-refractivity contribution is 7.92. The van der Waals surface area contributed by atoms with Gasteiger partial charge in [0.25, 0.3) is 34.4 Å². The Morgan fingerprint density at radius 1 is 0.385 bits per heavy atom. The molecule has 0 saturated carbocycles. The van der Waals surface area contributed by atoms with E-state index in [2.05, 4.69) is 46.9 Å². The van der Waals surface area contributed by atoms with Gasteiger partial charge >= 0.3 is 0 Å². The molecule has 4 N–H and O–H groups in total.